The van der Waals surface area contributed by atoms with Gasteiger partial charge < -0.3 is 10.1 Å². The summed E-state index contributed by atoms with van der Waals surface area (Å²) in [4.78, 5) is 13.7. The molecule has 94 valence electrons. The first-order valence-corrected chi connectivity index (χ1v) is 6.24. The fraction of sp³-hybridized carbons (Fsp3) is 0.917. The van der Waals surface area contributed by atoms with Crippen LogP contribution in [-0.2, 0) is 9.53 Å². The van der Waals surface area contributed by atoms with Crippen molar-refractivity contribution in [2.24, 2.45) is 0 Å². The largest absolute Gasteiger partial charge is 0.462 e. The molecule has 0 radical (unpaired) electrons. The van der Waals surface area contributed by atoms with Crippen LogP contribution in [0, 0.1) is 0 Å². The summed E-state index contributed by atoms with van der Waals surface area (Å²) in [5, 5.41) is 3.15. The molecule has 0 spiro atoms. The van der Waals surface area contributed by atoms with Gasteiger partial charge in [-0.05, 0) is 46.7 Å². The molecule has 0 aromatic rings. The molecule has 1 fully saturated rings. The first kappa shape index (κ1) is 13.5. The maximum Gasteiger partial charge on any atom is 0.320 e. The molecule has 0 bridgehead atoms. The maximum atomic E-state index is 11.3. The topological polar surface area (TPSA) is 41.6 Å². The Morgan fingerprint density at radius 1 is 1.31 bits per heavy atom. The third-order valence-electron chi connectivity index (χ3n) is 2.84. The predicted molar refractivity (Wildman–Crippen MR) is 64.4 cm³/mol. The van der Waals surface area contributed by atoms with Crippen LogP contribution in [0.4, 0.5) is 0 Å². The smallest absolute Gasteiger partial charge is 0.320 e. The van der Waals surface area contributed by atoms with Crippen molar-refractivity contribution >= 4 is 5.97 Å². The van der Waals surface area contributed by atoms with E-state index in [-0.39, 0.29) is 12.1 Å². The molecule has 0 aliphatic carbocycles. The van der Waals surface area contributed by atoms with Crippen LogP contribution in [0.5, 0.6) is 0 Å². The number of nitrogens with zero attached hydrogens (tertiary/aromatic N) is 1. The van der Waals surface area contributed by atoms with Gasteiger partial charge in [0.25, 0.3) is 0 Å². The second-order valence-electron chi connectivity index (χ2n) is 4.76. The SMILES string of the molecule is CC(C)OC(=O)CNCC(C)N1CCCC1. The first-order valence-electron chi connectivity index (χ1n) is 6.24. The molecule has 0 amide bonds. The van der Waals surface area contributed by atoms with E-state index in [1.165, 1.54) is 25.9 Å². The van der Waals surface area contributed by atoms with Gasteiger partial charge in [-0.1, -0.05) is 0 Å². The molecule has 1 atom stereocenters. The number of rotatable bonds is 6. The normalized spacial score (nSPS) is 19.0. The molecule has 1 N–H and O–H groups in total. The van der Waals surface area contributed by atoms with Crippen LogP contribution in [0.1, 0.15) is 33.6 Å². The summed E-state index contributed by atoms with van der Waals surface area (Å²) in [6.45, 7) is 9.49. The second kappa shape index (κ2) is 6.86. The van der Waals surface area contributed by atoms with Gasteiger partial charge in [0.05, 0.1) is 12.6 Å². The minimum atomic E-state index is -0.163. The minimum Gasteiger partial charge on any atom is -0.462 e. The molecule has 16 heavy (non-hydrogen) atoms. The molecule has 0 saturated carbocycles. The van der Waals surface area contributed by atoms with E-state index in [0.29, 0.717) is 12.6 Å². The standard InChI is InChI=1S/C12H24N2O2/c1-10(2)16-12(15)9-13-8-11(3)14-6-4-5-7-14/h10-11,13H,4-9H2,1-3H3. The number of carbonyl (C=O) groups excluding carboxylic acids is 1. The predicted octanol–water partition coefficient (Wildman–Crippen LogP) is 1.01. The number of esters is 1. The maximum absolute atomic E-state index is 11.3. The average Bonchev–Trinajstić information content (AvgIpc) is 2.68. The zero-order valence-electron chi connectivity index (χ0n) is 10.7. The molecule has 4 heteroatoms. The van der Waals surface area contributed by atoms with E-state index in [1.54, 1.807) is 0 Å². The molecule has 1 rings (SSSR count). The van der Waals surface area contributed by atoms with Crippen LogP contribution < -0.4 is 5.32 Å². The molecule has 1 unspecified atom stereocenters. The van der Waals surface area contributed by atoms with Crippen LogP contribution in [0.25, 0.3) is 0 Å². The van der Waals surface area contributed by atoms with E-state index < -0.39 is 0 Å². The van der Waals surface area contributed by atoms with Gasteiger partial charge in [-0.2, -0.15) is 0 Å². The van der Waals surface area contributed by atoms with E-state index in [0.717, 1.165) is 6.54 Å². The molecule has 0 aromatic heterocycles. The number of hydrogen-bond donors (Lipinski definition) is 1. The van der Waals surface area contributed by atoms with Crippen LogP contribution in [0.2, 0.25) is 0 Å². The van der Waals surface area contributed by atoms with Gasteiger partial charge in [0.1, 0.15) is 0 Å². The Morgan fingerprint density at radius 3 is 2.50 bits per heavy atom. The summed E-state index contributed by atoms with van der Waals surface area (Å²) in [5.41, 5.74) is 0. The van der Waals surface area contributed by atoms with Crippen LogP contribution in [0.3, 0.4) is 0 Å². The number of hydrogen-bond acceptors (Lipinski definition) is 4. The highest BCUT2D eigenvalue weighted by atomic mass is 16.5. The first-order chi connectivity index (χ1) is 7.59. The van der Waals surface area contributed by atoms with Crippen molar-refractivity contribution in [3.63, 3.8) is 0 Å². The van der Waals surface area contributed by atoms with E-state index in [1.807, 2.05) is 13.8 Å². The van der Waals surface area contributed by atoms with Crippen LogP contribution >= 0.6 is 0 Å². The molecule has 1 aliphatic rings. The molecule has 1 saturated heterocycles. The number of likely N-dealkylation sites (tertiary alicyclic amines) is 1. The summed E-state index contributed by atoms with van der Waals surface area (Å²) in [6.07, 6.45) is 2.59. The van der Waals surface area contributed by atoms with Gasteiger partial charge in [0.2, 0.25) is 0 Å². The summed E-state index contributed by atoms with van der Waals surface area (Å²) in [5.74, 6) is -0.163. The van der Waals surface area contributed by atoms with Crippen molar-refractivity contribution in [2.75, 3.05) is 26.2 Å². The monoisotopic (exact) mass is 228 g/mol. The molecule has 4 nitrogen and oxygen atoms in total. The van der Waals surface area contributed by atoms with Crippen molar-refractivity contribution in [3.05, 3.63) is 0 Å². The molecular weight excluding hydrogens is 204 g/mol. The van der Waals surface area contributed by atoms with Gasteiger partial charge in [-0.15, -0.1) is 0 Å². The highest BCUT2D eigenvalue weighted by Crippen LogP contribution is 2.10. The summed E-state index contributed by atoms with van der Waals surface area (Å²) in [6, 6.07) is 0.509. The molecule has 0 aromatic carbocycles. The van der Waals surface area contributed by atoms with Gasteiger partial charge in [0, 0.05) is 12.6 Å². The Balaban J connectivity index is 2.07. The Morgan fingerprint density at radius 2 is 1.94 bits per heavy atom. The Labute approximate surface area is 98.3 Å². The highest BCUT2D eigenvalue weighted by Gasteiger charge is 2.17. The highest BCUT2D eigenvalue weighted by molar-refractivity contribution is 5.71. The lowest BCUT2D eigenvalue weighted by molar-refractivity contribution is -0.146. The molecule has 1 heterocycles. The lowest BCUT2D eigenvalue weighted by Gasteiger charge is -2.23. The lowest BCUT2D eigenvalue weighted by atomic mass is 10.3. The minimum absolute atomic E-state index is 0.0229. The third kappa shape index (κ3) is 4.94. The molecule has 1 aliphatic heterocycles. The van der Waals surface area contributed by atoms with Crippen molar-refractivity contribution < 1.29 is 9.53 Å². The Hall–Kier alpha value is -0.610. The van der Waals surface area contributed by atoms with Gasteiger partial charge in [-0.3, -0.25) is 9.69 Å². The number of ether oxygens (including phenoxy) is 1. The number of nitrogens with one attached hydrogen (secondary N) is 1. The van der Waals surface area contributed by atoms with Crippen molar-refractivity contribution in [1.82, 2.24) is 10.2 Å². The van der Waals surface area contributed by atoms with Crippen LogP contribution in [0.15, 0.2) is 0 Å². The van der Waals surface area contributed by atoms with E-state index in [2.05, 4.69) is 17.1 Å². The summed E-state index contributed by atoms with van der Waals surface area (Å²) < 4.78 is 5.04. The third-order valence-corrected chi connectivity index (χ3v) is 2.84. The van der Waals surface area contributed by atoms with Crippen molar-refractivity contribution in [1.29, 1.82) is 0 Å². The van der Waals surface area contributed by atoms with Gasteiger partial charge >= 0.3 is 5.97 Å². The Bertz CT molecular complexity index is 213. The zero-order valence-corrected chi connectivity index (χ0v) is 10.7. The van der Waals surface area contributed by atoms with Gasteiger partial charge in [-0.25, -0.2) is 0 Å². The van der Waals surface area contributed by atoms with Crippen molar-refractivity contribution in [3.8, 4) is 0 Å². The van der Waals surface area contributed by atoms with Crippen molar-refractivity contribution in [2.45, 2.75) is 45.8 Å². The second-order valence-corrected chi connectivity index (χ2v) is 4.76. The Kier molecular flexibility index (Phi) is 5.77. The number of carbonyl (C=O) groups is 1. The summed E-state index contributed by atoms with van der Waals surface area (Å²) >= 11 is 0. The fourth-order valence-corrected chi connectivity index (χ4v) is 2.00. The fourth-order valence-electron chi connectivity index (χ4n) is 2.00. The van der Waals surface area contributed by atoms with E-state index in [9.17, 15) is 4.79 Å². The average molecular weight is 228 g/mol. The van der Waals surface area contributed by atoms with E-state index in [4.69, 9.17) is 4.74 Å². The zero-order chi connectivity index (χ0) is 12.0. The quantitative estimate of drug-likeness (QED) is 0.689. The summed E-state index contributed by atoms with van der Waals surface area (Å²) in [7, 11) is 0. The molecular formula is C12H24N2O2. The lowest BCUT2D eigenvalue weighted by Crippen LogP contribution is -2.40. The van der Waals surface area contributed by atoms with Gasteiger partial charge in [0.15, 0.2) is 0 Å². The van der Waals surface area contributed by atoms with E-state index >= 15 is 0 Å². The van der Waals surface area contributed by atoms with Crippen LogP contribution in [-0.4, -0.2) is 49.2 Å².